The standard InChI is InChI=1S/C40H26N2S/c1-3-14-28(15-4-1)41(36-20-11-13-27-12-7-8-18-31(27)36)30-22-23-37-33(24-30)34-25-35-32-19-9-10-21-39(32)43-40(35)26-38(34)42(37)29-16-5-2-6-17-29/h1-26H. The van der Waals surface area contributed by atoms with Gasteiger partial charge in [-0.1, -0.05) is 91.0 Å². The molecule has 0 saturated heterocycles. The van der Waals surface area contributed by atoms with Crippen LogP contribution in [-0.2, 0) is 0 Å². The molecule has 0 aliphatic rings. The maximum Gasteiger partial charge on any atom is 0.0555 e. The third kappa shape index (κ3) is 3.79. The molecule has 0 radical (unpaired) electrons. The number of nitrogens with zero attached hydrogens (tertiary/aromatic N) is 2. The number of anilines is 3. The Balaban J connectivity index is 1.37. The second-order valence-corrected chi connectivity index (χ2v) is 12.1. The van der Waals surface area contributed by atoms with Crippen LogP contribution in [0.3, 0.4) is 0 Å². The average molecular weight is 567 g/mol. The van der Waals surface area contributed by atoms with Gasteiger partial charge in [0.15, 0.2) is 0 Å². The zero-order valence-corrected chi connectivity index (χ0v) is 24.1. The summed E-state index contributed by atoms with van der Waals surface area (Å²) in [5, 5.41) is 7.61. The van der Waals surface area contributed by atoms with Crippen LogP contribution in [-0.4, -0.2) is 4.57 Å². The highest BCUT2D eigenvalue weighted by molar-refractivity contribution is 7.25. The molecule has 0 aliphatic heterocycles. The van der Waals surface area contributed by atoms with Crippen molar-refractivity contribution in [1.29, 1.82) is 0 Å². The molecule has 9 rings (SSSR count). The van der Waals surface area contributed by atoms with Crippen LogP contribution in [0.5, 0.6) is 0 Å². The van der Waals surface area contributed by atoms with Crippen molar-refractivity contribution in [2.75, 3.05) is 4.90 Å². The van der Waals surface area contributed by atoms with E-state index in [2.05, 4.69) is 167 Å². The summed E-state index contributed by atoms with van der Waals surface area (Å²) in [5.41, 5.74) is 7.05. The lowest BCUT2D eigenvalue weighted by Gasteiger charge is -2.27. The molecular formula is C40H26N2S. The van der Waals surface area contributed by atoms with Gasteiger partial charge >= 0.3 is 0 Å². The smallest absolute Gasteiger partial charge is 0.0555 e. The number of aromatic nitrogens is 1. The van der Waals surface area contributed by atoms with Crippen LogP contribution in [0.4, 0.5) is 17.1 Å². The Kier molecular flexibility index (Phi) is 5.40. The van der Waals surface area contributed by atoms with Crippen molar-refractivity contribution in [1.82, 2.24) is 4.57 Å². The predicted molar refractivity (Wildman–Crippen MR) is 186 cm³/mol. The maximum absolute atomic E-state index is 2.42. The van der Waals surface area contributed by atoms with E-state index in [1.165, 1.54) is 64.1 Å². The zero-order chi connectivity index (χ0) is 28.3. The van der Waals surface area contributed by atoms with Gasteiger partial charge in [0, 0.05) is 53.4 Å². The fourth-order valence-electron chi connectivity index (χ4n) is 6.63. The minimum absolute atomic E-state index is 1.14. The molecular weight excluding hydrogens is 541 g/mol. The maximum atomic E-state index is 2.42. The Hall–Kier alpha value is -5.38. The van der Waals surface area contributed by atoms with E-state index in [4.69, 9.17) is 0 Å². The fourth-order valence-corrected chi connectivity index (χ4v) is 7.75. The van der Waals surface area contributed by atoms with Gasteiger partial charge in [0.1, 0.15) is 0 Å². The van der Waals surface area contributed by atoms with Crippen LogP contribution in [0.15, 0.2) is 158 Å². The van der Waals surface area contributed by atoms with Crippen molar-refractivity contribution in [2.24, 2.45) is 0 Å². The monoisotopic (exact) mass is 566 g/mol. The quantitative estimate of drug-likeness (QED) is 0.206. The van der Waals surface area contributed by atoms with Gasteiger partial charge in [-0.25, -0.2) is 0 Å². The molecule has 0 amide bonds. The van der Waals surface area contributed by atoms with Crippen molar-refractivity contribution >= 4 is 81.1 Å². The van der Waals surface area contributed by atoms with E-state index in [9.17, 15) is 0 Å². The van der Waals surface area contributed by atoms with Crippen LogP contribution in [0, 0.1) is 0 Å². The summed E-state index contributed by atoms with van der Waals surface area (Å²) in [6.45, 7) is 0. The van der Waals surface area contributed by atoms with Gasteiger partial charge in [-0.3, -0.25) is 0 Å². The lowest BCUT2D eigenvalue weighted by atomic mass is 10.0. The van der Waals surface area contributed by atoms with Crippen LogP contribution in [0.1, 0.15) is 0 Å². The summed E-state index contributed by atoms with van der Waals surface area (Å²) in [4.78, 5) is 2.39. The van der Waals surface area contributed by atoms with Gasteiger partial charge in [0.05, 0.1) is 16.7 Å². The fraction of sp³-hybridized carbons (Fsp3) is 0. The van der Waals surface area contributed by atoms with Gasteiger partial charge in [-0.15, -0.1) is 11.3 Å². The minimum atomic E-state index is 1.14. The van der Waals surface area contributed by atoms with Crippen molar-refractivity contribution in [3.8, 4) is 5.69 Å². The molecule has 0 unspecified atom stereocenters. The Morgan fingerprint density at radius 2 is 1.12 bits per heavy atom. The molecule has 0 fully saturated rings. The first-order valence-corrected chi connectivity index (χ1v) is 15.4. The number of rotatable bonds is 4. The van der Waals surface area contributed by atoms with E-state index in [-0.39, 0.29) is 0 Å². The summed E-state index contributed by atoms with van der Waals surface area (Å²) < 4.78 is 5.06. The molecule has 0 saturated carbocycles. The summed E-state index contributed by atoms with van der Waals surface area (Å²) in [6.07, 6.45) is 0. The molecule has 0 aliphatic carbocycles. The molecule has 9 aromatic rings. The summed E-state index contributed by atoms with van der Waals surface area (Å²) >= 11 is 1.87. The zero-order valence-electron chi connectivity index (χ0n) is 23.3. The number of hydrogen-bond donors (Lipinski definition) is 0. The molecule has 0 spiro atoms. The molecule has 202 valence electrons. The Morgan fingerprint density at radius 3 is 1.98 bits per heavy atom. The highest BCUT2D eigenvalue weighted by atomic mass is 32.1. The van der Waals surface area contributed by atoms with Gasteiger partial charge in [0.2, 0.25) is 0 Å². The van der Waals surface area contributed by atoms with Crippen molar-refractivity contribution < 1.29 is 0 Å². The largest absolute Gasteiger partial charge is 0.310 e. The van der Waals surface area contributed by atoms with Crippen LogP contribution < -0.4 is 4.90 Å². The Bertz CT molecular complexity index is 2450. The average Bonchev–Trinajstić information content (AvgIpc) is 3.59. The minimum Gasteiger partial charge on any atom is -0.310 e. The Labute approximate surface area is 253 Å². The van der Waals surface area contributed by atoms with Gasteiger partial charge in [-0.2, -0.15) is 0 Å². The van der Waals surface area contributed by atoms with E-state index in [0.29, 0.717) is 0 Å². The lowest BCUT2D eigenvalue weighted by Crippen LogP contribution is -2.10. The van der Waals surface area contributed by atoms with Gasteiger partial charge in [-0.05, 0) is 72.1 Å². The molecule has 43 heavy (non-hydrogen) atoms. The summed E-state index contributed by atoms with van der Waals surface area (Å²) in [5.74, 6) is 0. The number of thiophene rings is 1. The van der Waals surface area contributed by atoms with Crippen LogP contribution in [0.2, 0.25) is 0 Å². The number of fused-ring (bicyclic) bond motifs is 7. The second kappa shape index (κ2) is 9.59. The molecule has 7 aromatic carbocycles. The molecule has 2 heterocycles. The van der Waals surface area contributed by atoms with Gasteiger partial charge < -0.3 is 9.47 Å². The SMILES string of the molecule is c1ccc(N(c2ccc3c(c2)c2cc4c(cc2n3-c2ccccc2)sc2ccccc24)c2cccc3ccccc23)cc1. The number of benzene rings is 7. The molecule has 2 nitrogen and oxygen atoms in total. The highest BCUT2D eigenvalue weighted by Crippen LogP contribution is 2.44. The van der Waals surface area contributed by atoms with E-state index in [1.54, 1.807) is 0 Å². The lowest BCUT2D eigenvalue weighted by molar-refractivity contribution is 1.18. The van der Waals surface area contributed by atoms with Crippen molar-refractivity contribution in [3.05, 3.63) is 158 Å². The third-order valence-electron chi connectivity index (χ3n) is 8.54. The van der Waals surface area contributed by atoms with E-state index >= 15 is 0 Å². The van der Waals surface area contributed by atoms with E-state index in [0.717, 1.165) is 11.4 Å². The first-order valence-electron chi connectivity index (χ1n) is 14.6. The molecule has 0 bridgehead atoms. The van der Waals surface area contributed by atoms with Gasteiger partial charge in [0.25, 0.3) is 0 Å². The predicted octanol–water partition coefficient (Wildman–Crippen LogP) is 11.8. The summed E-state index contributed by atoms with van der Waals surface area (Å²) in [6, 6.07) is 57.2. The highest BCUT2D eigenvalue weighted by Gasteiger charge is 2.20. The van der Waals surface area contributed by atoms with Crippen LogP contribution >= 0.6 is 11.3 Å². The Morgan fingerprint density at radius 1 is 0.419 bits per heavy atom. The normalized spacial score (nSPS) is 11.7. The number of hydrogen-bond acceptors (Lipinski definition) is 2. The topological polar surface area (TPSA) is 8.17 Å². The molecule has 0 N–H and O–H groups in total. The molecule has 0 atom stereocenters. The number of para-hydroxylation sites is 2. The molecule has 2 aromatic heterocycles. The van der Waals surface area contributed by atoms with Crippen LogP contribution in [0.25, 0.3) is 58.4 Å². The van der Waals surface area contributed by atoms with E-state index in [1.807, 2.05) is 11.3 Å². The first-order chi connectivity index (χ1) is 21.3. The van der Waals surface area contributed by atoms with Crippen molar-refractivity contribution in [3.63, 3.8) is 0 Å². The third-order valence-corrected chi connectivity index (χ3v) is 9.68. The summed E-state index contributed by atoms with van der Waals surface area (Å²) in [7, 11) is 0. The van der Waals surface area contributed by atoms with Crippen molar-refractivity contribution in [2.45, 2.75) is 0 Å². The first kappa shape index (κ1) is 24.2. The van der Waals surface area contributed by atoms with E-state index < -0.39 is 0 Å². The second-order valence-electron chi connectivity index (χ2n) is 11.0. The molecule has 3 heteroatoms.